The lowest BCUT2D eigenvalue weighted by atomic mass is 10.1. The van der Waals surface area contributed by atoms with Crippen LogP contribution in [0.2, 0.25) is 0 Å². The SMILES string of the molecule is CN(CC(F)(F)F)C(=O)c1c[nH]c2ccc(N)cc12. The van der Waals surface area contributed by atoms with E-state index in [9.17, 15) is 18.0 Å². The lowest BCUT2D eigenvalue weighted by molar-refractivity contribution is -0.138. The van der Waals surface area contributed by atoms with Gasteiger partial charge in [0.15, 0.2) is 0 Å². The topological polar surface area (TPSA) is 62.1 Å². The Hall–Kier alpha value is -2.18. The molecule has 0 bridgehead atoms. The van der Waals surface area contributed by atoms with E-state index in [1.807, 2.05) is 0 Å². The molecule has 1 aromatic heterocycles. The van der Waals surface area contributed by atoms with Gasteiger partial charge in [-0.25, -0.2) is 0 Å². The molecule has 0 fully saturated rings. The van der Waals surface area contributed by atoms with E-state index in [2.05, 4.69) is 4.98 Å². The first-order valence-corrected chi connectivity index (χ1v) is 5.47. The van der Waals surface area contributed by atoms with E-state index in [-0.39, 0.29) is 5.56 Å². The van der Waals surface area contributed by atoms with Gasteiger partial charge in [0.2, 0.25) is 0 Å². The van der Waals surface area contributed by atoms with E-state index in [0.29, 0.717) is 21.5 Å². The van der Waals surface area contributed by atoms with E-state index < -0.39 is 18.6 Å². The third-order valence-electron chi connectivity index (χ3n) is 2.70. The Morgan fingerprint density at radius 2 is 2.11 bits per heavy atom. The van der Waals surface area contributed by atoms with Crippen LogP contribution in [0.1, 0.15) is 10.4 Å². The van der Waals surface area contributed by atoms with Crippen LogP contribution in [-0.4, -0.2) is 35.6 Å². The normalized spacial score (nSPS) is 11.8. The maximum absolute atomic E-state index is 12.3. The van der Waals surface area contributed by atoms with Crippen LogP contribution in [0.5, 0.6) is 0 Å². The number of hydrogen-bond acceptors (Lipinski definition) is 2. The summed E-state index contributed by atoms with van der Waals surface area (Å²) in [5.41, 5.74) is 6.88. The van der Waals surface area contributed by atoms with Gasteiger partial charge in [-0.2, -0.15) is 13.2 Å². The fraction of sp³-hybridized carbons (Fsp3) is 0.250. The maximum Gasteiger partial charge on any atom is 0.406 e. The molecule has 0 saturated heterocycles. The summed E-state index contributed by atoms with van der Waals surface area (Å²) in [5.74, 6) is -0.700. The minimum absolute atomic E-state index is 0.175. The molecule has 4 nitrogen and oxygen atoms in total. The van der Waals surface area contributed by atoms with E-state index in [0.717, 1.165) is 7.05 Å². The summed E-state index contributed by atoms with van der Waals surface area (Å²) in [4.78, 5) is 15.4. The Morgan fingerprint density at radius 3 is 2.74 bits per heavy atom. The van der Waals surface area contributed by atoms with Gasteiger partial charge in [0, 0.05) is 29.8 Å². The average molecular weight is 271 g/mol. The Kier molecular flexibility index (Phi) is 3.13. The van der Waals surface area contributed by atoms with Crippen molar-refractivity contribution >= 4 is 22.5 Å². The summed E-state index contributed by atoms with van der Waals surface area (Å²) in [6.07, 6.45) is -3.03. The Bertz CT molecular complexity index is 618. The highest BCUT2D eigenvalue weighted by Crippen LogP contribution is 2.23. The number of nitrogens with one attached hydrogen (secondary N) is 1. The van der Waals surface area contributed by atoms with Crippen molar-refractivity contribution in [2.24, 2.45) is 0 Å². The molecule has 102 valence electrons. The first kappa shape index (κ1) is 13.3. The van der Waals surface area contributed by atoms with Crippen molar-refractivity contribution in [1.82, 2.24) is 9.88 Å². The highest BCUT2D eigenvalue weighted by Gasteiger charge is 2.32. The number of amides is 1. The van der Waals surface area contributed by atoms with Crippen molar-refractivity contribution in [2.75, 3.05) is 19.3 Å². The first-order chi connectivity index (χ1) is 8.78. The van der Waals surface area contributed by atoms with Gasteiger partial charge in [-0.15, -0.1) is 0 Å². The van der Waals surface area contributed by atoms with Crippen LogP contribution in [0.25, 0.3) is 10.9 Å². The van der Waals surface area contributed by atoms with Crippen LogP contribution < -0.4 is 5.73 Å². The molecule has 0 aliphatic rings. The zero-order valence-corrected chi connectivity index (χ0v) is 10.1. The van der Waals surface area contributed by atoms with Gasteiger partial charge in [-0.1, -0.05) is 0 Å². The molecule has 0 unspecified atom stereocenters. The monoisotopic (exact) mass is 271 g/mol. The highest BCUT2D eigenvalue weighted by atomic mass is 19.4. The van der Waals surface area contributed by atoms with Gasteiger partial charge < -0.3 is 15.6 Å². The summed E-state index contributed by atoms with van der Waals surface area (Å²) in [6.45, 7) is -1.29. The molecular formula is C12H12F3N3O. The number of aromatic amines is 1. The van der Waals surface area contributed by atoms with Crippen molar-refractivity contribution in [1.29, 1.82) is 0 Å². The number of nitrogen functional groups attached to an aromatic ring is 1. The second-order valence-electron chi connectivity index (χ2n) is 4.28. The van der Waals surface area contributed by atoms with Crippen molar-refractivity contribution in [2.45, 2.75) is 6.18 Å². The molecule has 1 heterocycles. The van der Waals surface area contributed by atoms with Crippen LogP contribution in [-0.2, 0) is 0 Å². The summed E-state index contributed by atoms with van der Waals surface area (Å²) >= 11 is 0. The van der Waals surface area contributed by atoms with Crippen LogP contribution >= 0.6 is 0 Å². The summed E-state index contributed by atoms with van der Waals surface area (Å²) < 4.78 is 36.8. The molecule has 2 aromatic rings. The third-order valence-corrected chi connectivity index (χ3v) is 2.70. The molecule has 2 rings (SSSR count). The Morgan fingerprint density at radius 1 is 1.42 bits per heavy atom. The molecule has 1 amide bonds. The van der Waals surface area contributed by atoms with E-state index >= 15 is 0 Å². The number of hydrogen-bond donors (Lipinski definition) is 2. The van der Waals surface area contributed by atoms with Crippen molar-refractivity contribution in [3.05, 3.63) is 30.0 Å². The van der Waals surface area contributed by atoms with Crippen molar-refractivity contribution in [3.8, 4) is 0 Å². The van der Waals surface area contributed by atoms with Crippen LogP contribution in [0.3, 0.4) is 0 Å². The lowest BCUT2D eigenvalue weighted by Crippen LogP contribution is -2.35. The summed E-state index contributed by atoms with van der Waals surface area (Å²) in [5, 5.41) is 0.513. The molecule has 19 heavy (non-hydrogen) atoms. The number of alkyl halides is 3. The number of carbonyl (C=O) groups is 1. The van der Waals surface area contributed by atoms with Gasteiger partial charge in [0.05, 0.1) is 5.56 Å². The molecule has 7 heteroatoms. The van der Waals surface area contributed by atoms with Crippen LogP contribution in [0.15, 0.2) is 24.4 Å². The number of nitrogens with two attached hydrogens (primary N) is 1. The van der Waals surface area contributed by atoms with Gasteiger partial charge in [-0.3, -0.25) is 4.79 Å². The average Bonchev–Trinajstić information content (AvgIpc) is 2.68. The summed E-state index contributed by atoms with van der Waals surface area (Å²) in [6, 6.07) is 4.87. The molecular weight excluding hydrogens is 259 g/mol. The fourth-order valence-corrected chi connectivity index (χ4v) is 1.86. The van der Waals surface area contributed by atoms with Crippen molar-refractivity contribution < 1.29 is 18.0 Å². The molecule has 0 radical (unpaired) electrons. The largest absolute Gasteiger partial charge is 0.406 e. The van der Waals surface area contributed by atoms with E-state index in [4.69, 9.17) is 5.73 Å². The van der Waals surface area contributed by atoms with Gasteiger partial charge in [0.1, 0.15) is 6.54 Å². The predicted molar refractivity (Wildman–Crippen MR) is 65.7 cm³/mol. The number of H-pyrrole nitrogens is 1. The molecule has 1 aromatic carbocycles. The maximum atomic E-state index is 12.3. The smallest absolute Gasteiger partial charge is 0.399 e. The first-order valence-electron chi connectivity index (χ1n) is 5.47. The number of nitrogens with zero attached hydrogens (tertiary/aromatic N) is 1. The zero-order valence-electron chi connectivity index (χ0n) is 10.1. The van der Waals surface area contributed by atoms with E-state index in [1.165, 1.54) is 6.20 Å². The molecule has 0 spiro atoms. The number of fused-ring (bicyclic) bond motifs is 1. The second-order valence-corrected chi connectivity index (χ2v) is 4.28. The number of rotatable bonds is 2. The zero-order chi connectivity index (χ0) is 14.2. The molecule has 0 aliphatic carbocycles. The van der Waals surface area contributed by atoms with Gasteiger partial charge in [0.25, 0.3) is 5.91 Å². The van der Waals surface area contributed by atoms with Crippen molar-refractivity contribution in [3.63, 3.8) is 0 Å². The minimum Gasteiger partial charge on any atom is -0.399 e. The van der Waals surface area contributed by atoms with Gasteiger partial charge in [-0.05, 0) is 18.2 Å². The Balaban J connectivity index is 2.34. The lowest BCUT2D eigenvalue weighted by Gasteiger charge is -2.18. The number of carbonyl (C=O) groups excluding carboxylic acids is 1. The van der Waals surface area contributed by atoms with Crippen LogP contribution in [0, 0.1) is 0 Å². The molecule has 0 aliphatic heterocycles. The number of benzene rings is 1. The predicted octanol–water partition coefficient (Wildman–Crippen LogP) is 2.38. The number of halogens is 3. The molecule has 0 saturated carbocycles. The number of anilines is 1. The fourth-order valence-electron chi connectivity index (χ4n) is 1.86. The minimum atomic E-state index is -4.42. The third kappa shape index (κ3) is 2.81. The van der Waals surface area contributed by atoms with Gasteiger partial charge >= 0.3 is 6.18 Å². The second kappa shape index (κ2) is 4.49. The number of aromatic nitrogens is 1. The van der Waals surface area contributed by atoms with E-state index in [1.54, 1.807) is 18.2 Å². The molecule has 3 N–H and O–H groups in total. The highest BCUT2D eigenvalue weighted by molar-refractivity contribution is 6.07. The van der Waals surface area contributed by atoms with Crippen LogP contribution in [0.4, 0.5) is 18.9 Å². The Labute approximate surface area is 107 Å². The summed E-state index contributed by atoms with van der Waals surface area (Å²) in [7, 11) is 1.11. The molecule has 0 atom stereocenters. The standard InChI is InChI=1S/C12H12F3N3O/c1-18(6-12(13,14)15)11(19)9-5-17-10-3-2-7(16)4-8(9)10/h2-5,17H,6,16H2,1H3. The quantitative estimate of drug-likeness (QED) is 0.824.